The molecule has 0 spiro atoms. The fourth-order valence-corrected chi connectivity index (χ4v) is 5.55. The summed E-state index contributed by atoms with van der Waals surface area (Å²) in [5.74, 6) is 0.792. The van der Waals surface area contributed by atoms with Gasteiger partial charge in [0.25, 0.3) is 5.91 Å². The van der Waals surface area contributed by atoms with Gasteiger partial charge >= 0.3 is 0 Å². The van der Waals surface area contributed by atoms with Gasteiger partial charge in [-0.2, -0.15) is 9.97 Å². The number of carbonyl (C=O) groups is 1. The van der Waals surface area contributed by atoms with Crippen molar-refractivity contribution in [3.05, 3.63) is 71.9 Å². The average molecular weight is 606 g/mol. The lowest BCUT2D eigenvalue weighted by atomic mass is 10.2. The first-order valence-electron chi connectivity index (χ1n) is 14.5. The van der Waals surface area contributed by atoms with Gasteiger partial charge in [0, 0.05) is 56.7 Å². The lowest BCUT2D eigenvalue weighted by molar-refractivity contribution is 0.0949. The van der Waals surface area contributed by atoms with Gasteiger partial charge in [-0.25, -0.2) is 8.42 Å². The molecular weight excluding hydrogens is 566 g/mol. The predicted octanol–water partition coefficient (Wildman–Crippen LogP) is 3.44. The number of aromatic nitrogens is 3. The Hall–Kier alpha value is -4.20. The lowest BCUT2D eigenvalue weighted by Gasteiger charge is -2.32. The third kappa shape index (κ3) is 8.21. The van der Waals surface area contributed by atoms with E-state index in [2.05, 4.69) is 52.5 Å². The van der Waals surface area contributed by atoms with Crippen molar-refractivity contribution in [1.82, 2.24) is 30.1 Å². The van der Waals surface area contributed by atoms with Gasteiger partial charge in [-0.3, -0.25) is 9.52 Å². The maximum absolute atomic E-state index is 12.8. The van der Waals surface area contributed by atoms with Crippen molar-refractivity contribution >= 4 is 50.1 Å². The van der Waals surface area contributed by atoms with E-state index in [9.17, 15) is 13.2 Å². The number of carbonyl (C=O) groups excluding carboxylic acids is 1. The van der Waals surface area contributed by atoms with Crippen LogP contribution in [0.3, 0.4) is 0 Å². The predicted molar refractivity (Wildman–Crippen MR) is 171 cm³/mol. The number of aromatic amines is 1. The fraction of sp³-hybridized carbons (Fsp3) is 0.367. The van der Waals surface area contributed by atoms with Crippen LogP contribution in [-0.2, 0) is 16.6 Å². The van der Waals surface area contributed by atoms with E-state index in [1.54, 1.807) is 37.4 Å². The summed E-state index contributed by atoms with van der Waals surface area (Å²) < 4.78 is 27.0. The van der Waals surface area contributed by atoms with Crippen LogP contribution in [0.25, 0.3) is 11.0 Å². The van der Waals surface area contributed by atoms with Crippen molar-refractivity contribution < 1.29 is 13.2 Å². The largest absolute Gasteiger partial charge is 0.365 e. The number of nitrogens with one attached hydrogen (secondary N) is 5. The quantitative estimate of drug-likeness (QED) is 0.145. The summed E-state index contributed by atoms with van der Waals surface area (Å²) in [5.41, 5.74) is 3.16. The number of sulfonamides is 1. The molecule has 2 aromatic heterocycles. The highest BCUT2D eigenvalue weighted by Crippen LogP contribution is 2.25. The summed E-state index contributed by atoms with van der Waals surface area (Å²) in [4.78, 5) is 30.0. The highest BCUT2D eigenvalue weighted by molar-refractivity contribution is 7.92. The molecule has 5 N–H and O–H groups in total. The molecule has 0 aliphatic carbocycles. The second-order valence-corrected chi connectivity index (χ2v) is 12.6. The van der Waals surface area contributed by atoms with E-state index in [-0.39, 0.29) is 11.7 Å². The normalized spacial score (nSPS) is 14.5. The van der Waals surface area contributed by atoms with Gasteiger partial charge in [-0.15, -0.1) is 0 Å². The van der Waals surface area contributed by atoms with E-state index in [0.29, 0.717) is 47.4 Å². The van der Waals surface area contributed by atoms with Crippen LogP contribution >= 0.6 is 0 Å². The molecule has 0 unspecified atom stereocenters. The number of hydrogen-bond donors (Lipinski definition) is 5. The Morgan fingerprint density at radius 1 is 1.02 bits per heavy atom. The molecule has 1 fully saturated rings. The molecule has 1 saturated heterocycles. The zero-order chi connectivity index (χ0) is 30.2. The van der Waals surface area contributed by atoms with E-state index in [0.717, 1.165) is 50.1 Å². The summed E-state index contributed by atoms with van der Waals surface area (Å²) >= 11 is 0. The van der Waals surface area contributed by atoms with Crippen LogP contribution in [0.1, 0.15) is 29.3 Å². The number of amides is 1. The van der Waals surface area contributed by atoms with E-state index in [1.807, 2.05) is 30.3 Å². The molecule has 5 rings (SSSR count). The summed E-state index contributed by atoms with van der Waals surface area (Å²) in [6.07, 6.45) is 2.69. The Bertz CT molecular complexity index is 1650. The van der Waals surface area contributed by atoms with Crippen LogP contribution in [-0.4, -0.2) is 91.1 Å². The number of nitrogens with zero attached hydrogens (tertiary/aromatic N) is 4. The Balaban J connectivity index is 1.22. The smallest absolute Gasteiger partial charge is 0.251 e. The van der Waals surface area contributed by atoms with Crippen molar-refractivity contribution in [2.75, 3.05) is 67.4 Å². The number of anilines is 4. The third-order valence-corrected chi connectivity index (χ3v) is 8.73. The van der Waals surface area contributed by atoms with Gasteiger partial charge in [0.1, 0.15) is 11.5 Å². The van der Waals surface area contributed by atoms with Crippen molar-refractivity contribution in [2.24, 2.45) is 0 Å². The number of piperazine rings is 1. The van der Waals surface area contributed by atoms with Crippen LogP contribution in [0.2, 0.25) is 0 Å². The molecule has 3 heterocycles. The SMILES string of the molecule is CCS(=O)(=O)Nc1ccccc1CNc1nc(Nc2cccc(C(=O)NCCCN3CCN(C)CC3)c2)nc2[nH]ccc12. The number of rotatable bonds is 13. The highest BCUT2D eigenvalue weighted by atomic mass is 32.2. The van der Waals surface area contributed by atoms with E-state index in [1.165, 1.54) is 0 Å². The van der Waals surface area contributed by atoms with Gasteiger partial charge in [0.2, 0.25) is 16.0 Å². The molecule has 0 radical (unpaired) electrons. The number of H-pyrrole nitrogens is 1. The van der Waals surface area contributed by atoms with E-state index < -0.39 is 10.0 Å². The zero-order valence-corrected chi connectivity index (χ0v) is 25.4. The van der Waals surface area contributed by atoms with Crippen molar-refractivity contribution in [2.45, 2.75) is 19.9 Å². The molecule has 228 valence electrons. The summed E-state index contributed by atoms with van der Waals surface area (Å²) in [6.45, 7) is 7.84. The van der Waals surface area contributed by atoms with E-state index in [4.69, 9.17) is 0 Å². The third-order valence-electron chi connectivity index (χ3n) is 7.44. The van der Waals surface area contributed by atoms with Gasteiger partial charge in [0.15, 0.2) is 0 Å². The molecule has 2 aromatic carbocycles. The molecular formula is C30H39N9O3S. The van der Waals surface area contributed by atoms with Crippen LogP contribution in [0, 0.1) is 0 Å². The molecule has 1 amide bonds. The molecule has 4 aromatic rings. The summed E-state index contributed by atoms with van der Waals surface area (Å²) in [6, 6.07) is 16.4. The first-order valence-corrected chi connectivity index (χ1v) is 16.2. The highest BCUT2D eigenvalue weighted by Gasteiger charge is 2.15. The minimum absolute atomic E-state index is 0.0144. The monoisotopic (exact) mass is 605 g/mol. The Morgan fingerprint density at radius 2 is 1.84 bits per heavy atom. The maximum atomic E-state index is 12.8. The number of benzene rings is 2. The standard InChI is InChI=1S/C30H39N9O3S/c1-3-43(41,42)37-26-11-5-4-8-23(26)21-33-28-25-12-14-31-27(25)35-30(36-28)34-24-10-6-9-22(20-24)29(40)32-13-7-15-39-18-16-38(2)17-19-39/h4-6,8-12,14,20,37H,3,7,13,15-19,21H2,1-2H3,(H,32,40)(H3,31,33,34,35,36). The van der Waals surface area contributed by atoms with Crippen LogP contribution in [0.5, 0.6) is 0 Å². The minimum atomic E-state index is -3.42. The summed E-state index contributed by atoms with van der Waals surface area (Å²) in [5, 5.41) is 10.4. The lowest BCUT2D eigenvalue weighted by Crippen LogP contribution is -2.45. The van der Waals surface area contributed by atoms with Crippen LogP contribution in [0.4, 0.5) is 23.1 Å². The molecule has 0 atom stereocenters. The number of fused-ring (bicyclic) bond motifs is 1. The Morgan fingerprint density at radius 3 is 2.65 bits per heavy atom. The van der Waals surface area contributed by atoms with Gasteiger partial charge in [0.05, 0.1) is 16.8 Å². The number of hydrogen-bond acceptors (Lipinski definition) is 9. The average Bonchev–Trinajstić information content (AvgIpc) is 3.48. The molecule has 43 heavy (non-hydrogen) atoms. The Labute approximate surface area is 252 Å². The van der Waals surface area contributed by atoms with Crippen molar-refractivity contribution in [1.29, 1.82) is 0 Å². The number of para-hydroxylation sites is 1. The maximum Gasteiger partial charge on any atom is 0.251 e. The van der Waals surface area contributed by atoms with Crippen molar-refractivity contribution in [3.63, 3.8) is 0 Å². The van der Waals surface area contributed by atoms with Crippen LogP contribution in [0.15, 0.2) is 60.8 Å². The topological polar surface area (TPSA) is 147 Å². The molecule has 13 heteroatoms. The number of likely N-dealkylation sites (N-methyl/N-ethyl adjacent to an activating group) is 1. The molecule has 1 aliphatic rings. The second-order valence-electron chi connectivity index (χ2n) is 10.6. The first kappa shape index (κ1) is 30.3. The molecule has 0 saturated carbocycles. The van der Waals surface area contributed by atoms with Crippen LogP contribution < -0.4 is 20.7 Å². The first-order chi connectivity index (χ1) is 20.8. The summed E-state index contributed by atoms with van der Waals surface area (Å²) in [7, 11) is -1.27. The molecule has 0 bridgehead atoms. The van der Waals surface area contributed by atoms with Gasteiger partial charge in [-0.1, -0.05) is 24.3 Å². The molecule has 12 nitrogen and oxygen atoms in total. The second kappa shape index (κ2) is 13.8. The van der Waals surface area contributed by atoms with Gasteiger partial charge < -0.3 is 30.7 Å². The van der Waals surface area contributed by atoms with Gasteiger partial charge in [-0.05, 0) is 62.8 Å². The zero-order valence-electron chi connectivity index (χ0n) is 24.6. The Kier molecular flexibility index (Phi) is 9.75. The molecule has 1 aliphatic heterocycles. The van der Waals surface area contributed by atoms with E-state index >= 15 is 0 Å². The minimum Gasteiger partial charge on any atom is -0.365 e. The van der Waals surface area contributed by atoms with Crippen molar-refractivity contribution in [3.8, 4) is 0 Å². The fourth-order valence-electron chi connectivity index (χ4n) is 4.87.